The fraction of sp³-hybridized carbons (Fsp3) is 0.412. The summed E-state index contributed by atoms with van der Waals surface area (Å²) in [7, 11) is -1.70. The van der Waals surface area contributed by atoms with Gasteiger partial charge in [-0.05, 0) is 43.2 Å². The number of carbonyl (C=O) groups excluding carboxylic acids is 1. The third-order valence-corrected chi connectivity index (χ3v) is 5.38. The number of nitrogens with one attached hydrogen (secondary N) is 2. The predicted octanol–water partition coefficient (Wildman–Crippen LogP) is 1.99. The quantitative estimate of drug-likeness (QED) is 0.749. The molecule has 0 saturated heterocycles. The first-order chi connectivity index (χ1) is 11.9. The maximum atomic E-state index is 12.4. The van der Waals surface area contributed by atoms with E-state index in [4.69, 9.17) is 0 Å². The molecule has 7 nitrogen and oxygen atoms in total. The smallest absolute Gasteiger partial charge is 0.251 e. The molecule has 1 aromatic heterocycles. The lowest BCUT2D eigenvalue weighted by atomic mass is 10.1. The molecule has 0 aliphatic heterocycles. The van der Waals surface area contributed by atoms with Gasteiger partial charge in [0.05, 0.1) is 16.6 Å². The third kappa shape index (κ3) is 4.67. The summed E-state index contributed by atoms with van der Waals surface area (Å²) in [5, 5.41) is 7.07. The molecule has 136 valence electrons. The van der Waals surface area contributed by atoms with Crippen molar-refractivity contribution < 1.29 is 13.2 Å². The van der Waals surface area contributed by atoms with Gasteiger partial charge in [0.2, 0.25) is 10.0 Å². The molecule has 8 heteroatoms. The summed E-state index contributed by atoms with van der Waals surface area (Å²) < 4.78 is 28.4. The molecule has 2 aromatic rings. The second-order valence-electron chi connectivity index (χ2n) is 5.74. The lowest BCUT2D eigenvalue weighted by Gasteiger charge is -2.17. The van der Waals surface area contributed by atoms with E-state index in [9.17, 15) is 13.2 Å². The molecule has 0 fully saturated rings. The molecule has 0 saturated carbocycles. The van der Waals surface area contributed by atoms with E-state index in [0.29, 0.717) is 18.5 Å². The first-order valence-electron chi connectivity index (χ1n) is 8.27. The lowest BCUT2D eigenvalue weighted by Crippen LogP contribution is -2.29. The second kappa shape index (κ2) is 8.26. The van der Waals surface area contributed by atoms with Crippen LogP contribution in [0, 0.1) is 0 Å². The monoisotopic (exact) mass is 364 g/mol. The number of carbonyl (C=O) groups is 1. The van der Waals surface area contributed by atoms with E-state index in [1.165, 1.54) is 24.3 Å². The summed E-state index contributed by atoms with van der Waals surface area (Å²) in [5.41, 5.74) is 1.33. The number of aromatic nitrogens is 2. The largest absolute Gasteiger partial charge is 0.344 e. The topological polar surface area (TPSA) is 93.1 Å². The summed E-state index contributed by atoms with van der Waals surface area (Å²) in [6.45, 7) is 4.25. The van der Waals surface area contributed by atoms with E-state index in [1.54, 1.807) is 10.9 Å². The van der Waals surface area contributed by atoms with Crippen molar-refractivity contribution in [2.24, 2.45) is 7.05 Å². The SMILES string of the molecule is CCCNS(=O)(=O)c1ccc(C(=O)N[C@@H](CC)c2ccnn2C)cc1. The highest BCUT2D eigenvalue weighted by atomic mass is 32.2. The Labute approximate surface area is 148 Å². The van der Waals surface area contributed by atoms with Crippen molar-refractivity contribution in [2.45, 2.75) is 37.6 Å². The molecule has 1 amide bonds. The van der Waals surface area contributed by atoms with Gasteiger partial charge in [0.25, 0.3) is 5.91 Å². The summed E-state index contributed by atoms with van der Waals surface area (Å²) in [4.78, 5) is 12.6. The molecule has 0 spiro atoms. The molecule has 2 N–H and O–H groups in total. The minimum atomic E-state index is -3.53. The fourth-order valence-corrected chi connectivity index (χ4v) is 3.59. The van der Waals surface area contributed by atoms with Crippen molar-refractivity contribution in [3.63, 3.8) is 0 Å². The maximum Gasteiger partial charge on any atom is 0.251 e. The van der Waals surface area contributed by atoms with Crippen molar-refractivity contribution in [1.82, 2.24) is 19.8 Å². The van der Waals surface area contributed by atoms with Crippen LogP contribution in [0.2, 0.25) is 0 Å². The zero-order valence-corrected chi connectivity index (χ0v) is 15.5. The average Bonchev–Trinajstić information content (AvgIpc) is 3.03. The molecule has 1 aromatic carbocycles. The van der Waals surface area contributed by atoms with E-state index in [2.05, 4.69) is 15.1 Å². The second-order valence-corrected chi connectivity index (χ2v) is 7.50. The molecular formula is C17H24N4O3S. The summed E-state index contributed by atoms with van der Waals surface area (Å²) in [6.07, 6.45) is 3.12. The summed E-state index contributed by atoms with van der Waals surface area (Å²) in [5.74, 6) is -0.251. The molecular weight excluding hydrogens is 340 g/mol. The number of aryl methyl sites for hydroxylation is 1. The zero-order valence-electron chi connectivity index (χ0n) is 14.7. The van der Waals surface area contributed by atoms with Gasteiger partial charge in [-0.3, -0.25) is 9.48 Å². The van der Waals surface area contributed by atoms with Gasteiger partial charge >= 0.3 is 0 Å². The van der Waals surface area contributed by atoms with E-state index >= 15 is 0 Å². The standard InChI is InChI=1S/C17H24N4O3S/c1-4-11-19-25(23,24)14-8-6-13(7-9-14)17(22)20-15(5-2)16-10-12-18-21(16)3/h6-10,12,15,19H,4-5,11H2,1-3H3,(H,20,22)/t15-/m0/s1. The van der Waals surface area contributed by atoms with E-state index in [0.717, 1.165) is 12.1 Å². The van der Waals surface area contributed by atoms with Gasteiger partial charge in [-0.1, -0.05) is 13.8 Å². The van der Waals surface area contributed by atoms with E-state index in [1.807, 2.05) is 27.0 Å². The first-order valence-corrected chi connectivity index (χ1v) is 9.75. The molecule has 25 heavy (non-hydrogen) atoms. The van der Waals surface area contributed by atoms with E-state index in [-0.39, 0.29) is 16.8 Å². The Morgan fingerprint density at radius 3 is 2.40 bits per heavy atom. The van der Waals surface area contributed by atoms with Gasteiger partial charge in [-0.15, -0.1) is 0 Å². The first kappa shape index (κ1) is 19.1. The van der Waals surface area contributed by atoms with Crippen LogP contribution in [0.15, 0.2) is 41.4 Å². The number of rotatable bonds is 8. The molecule has 0 unspecified atom stereocenters. The molecule has 1 atom stereocenters. The number of hydrogen-bond donors (Lipinski definition) is 2. The Morgan fingerprint density at radius 1 is 1.20 bits per heavy atom. The van der Waals surface area contributed by atoms with Gasteiger partial charge in [0.15, 0.2) is 0 Å². The Kier molecular flexibility index (Phi) is 6.33. The third-order valence-electron chi connectivity index (χ3n) is 3.90. The Morgan fingerprint density at radius 2 is 1.88 bits per heavy atom. The van der Waals surface area contributed by atoms with E-state index < -0.39 is 10.0 Å². The zero-order chi connectivity index (χ0) is 18.4. The number of amides is 1. The van der Waals surface area contributed by atoms with Crippen LogP contribution >= 0.6 is 0 Å². The van der Waals surface area contributed by atoms with Crippen LogP contribution in [-0.2, 0) is 17.1 Å². The normalized spacial score (nSPS) is 12.8. The van der Waals surface area contributed by atoms with Crippen LogP contribution in [0.5, 0.6) is 0 Å². The summed E-state index contributed by atoms with van der Waals surface area (Å²) in [6, 6.07) is 7.63. The van der Waals surface area contributed by atoms with Crippen molar-refractivity contribution in [2.75, 3.05) is 6.54 Å². The highest BCUT2D eigenvalue weighted by Crippen LogP contribution is 2.17. The maximum absolute atomic E-state index is 12.4. The van der Waals surface area contributed by atoms with Crippen molar-refractivity contribution in [1.29, 1.82) is 0 Å². The van der Waals surface area contributed by atoms with Crippen LogP contribution < -0.4 is 10.0 Å². The van der Waals surface area contributed by atoms with Crippen LogP contribution in [-0.4, -0.2) is 30.7 Å². The number of nitrogens with zero attached hydrogens (tertiary/aromatic N) is 2. The predicted molar refractivity (Wildman–Crippen MR) is 95.6 cm³/mol. The van der Waals surface area contributed by atoms with Gasteiger partial charge in [-0.2, -0.15) is 5.10 Å². The molecule has 0 bridgehead atoms. The van der Waals surface area contributed by atoms with Gasteiger partial charge < -0.3 is 5.32 Å². The van der Waals surface area contributed by atoms with Crippen LogP contribution in [0.25, 0.3) is 0 Å². The number of hydrogen-bond acceptors (Lipinski definition) is 4. The van der Waals surface area contributed by atoms with Crippen molar-refractivity contribution in [3.8, 4) is 0 Å². The average molecular weight is 364 g/mol. The molecule has 0 aliphatic carbocycles. The van der Waals surface area contributed by atoms with Crippen LogP contribution in [0.4, 0.5) is 0 Å². The van der Waals surface area contributed by atoms with Gasteiger partial charge in [0.1, 0.15) is 0 Å². The minimum Gasteiger partial charge on any atom is -0.344 e. The van der Waals surface area contributed by atoms with Gasteiger partial charge in [0, 0.05) is 25.4 Å². The molecule has 0 aliphatic rings. The van der Waals surface area contributed by atoms with Crippen molar-refractivity contribution >= 4 is 15.9 Å². The van der Waals surface area contributed by atoms with Crippen LogP contribution in [0.1, 0.15) is 48.8 Å². The lowest BCUT2D eigenvalue weighted by molar-refractivity contribution is 0.0934. The van der Waals surface area contributed by atoms with Crippen molar-refractivity contribution in [3.05, 3.63) is 47.8 Å². The Bertz CT molecular complexity index is 813. The Hall–Kier alpha value is -2.19. The fourth-order valence-electron chi connectivity index (χ4n) is 2.46. The summed E-state index contributed by atoms with van der Waals surface area (Å²) >= 11 is 0. The highest BCUT2D eigenvalue weighted by molar-refractivity contribution is 7.89. The highest BCUT2D eigenvalue weighted by Gasteiger charge is 2.18. The van der Waals surface area contributed by atoms with Crippen LogP contribution in [0.3, 0.4) is 0 Å². The number of sulfonamides is 1. The molecule has 2 rings (SSSR count). The minimum absolute atomic E-state index is 0.149. The molecule has 0 radical (unpaired) electrons. The number of benzene rings is 1. The van der Waals surface area contributed by atoms with Gasteiger partial charge in [-0.25, -0.2) is 13.1 Å². The molecule has 1 heterocycles. The Balaban J connectivity index is 2.11.